The Hall–Kier alpha value is -1.66. The van der Waals surface area contributed by atoms with E-state index in [0.717, 1.165) is 44.9 Å². The summed E-state index contributed by atoms with van der Waals surface area (Å²) < 4.78 is 5.47. The Morgan fingerprint density at radius 3 is 1.09 bits per heavy atom. The first-order valence-corrected chi connectivity index (χ1v) is 29.1. The van der Waals surface area contributed by atoms with Gasteiger partial charge < -0.3 is 20.3 Å². The average Bonchev–Trinajstić information content (AvgIpc) is 3.31. The minimum atomic E-state index is -0.844. The SMILES string of the molecule is CCCCCCC/C=C\CCCCCCCC(=O)OCCCCCCCCCCCCCCCCCCCCCCCC(=O)NC(CO)C(O)/C=C/CCCCCCCCCCCCC. The molecule has 0 saturated heterocycles. The molecule has 0 heterocycles. The van der Waals surface area contributed by atoms with Crippen molar-refractivity contribution >= 4 is 11.9 Å². The maximum absolute atomic E-state index is 12.4. The Bertz CT molecular complexity index is 1010. The van der Waals surface area contributed by atoms with E-state index < -0.39 is 12.1 Å². The Morgan fingerprint density at radius 1 is 0.415 bits per heavy atom. The molecule has 0 fully saturated rings. The van der Waals surface area contributed by atoms with Crippen LogP contribution in [-0.4, -0.2) is 47.4 Å². The van der Waals surface area contributed by atoms with Gasteiger partial charge >= 0.3 is 5.97 Å². The molecule has 6 heteroatoms. The Morgan fingerprint density at radius 2 is 0.723 bits per heavy atom. The van der Waals surface area contributed by atoms with Gasteiger partial charge in [-0.15, -0.1) is 0 Å². The van der Waals surface area contributed by atoms with Crippen molar-refractivity contribution in [3.63, 3.8) is 0 Å². The Balaban J connectivity index is 3.40. The van der Waals surface area contributed by atoms with Gasteiger partial charge in [0.25, 0.3) is 0 Å². The first kappa shape index (κ1) is 63.3. The first-order valence-electron chi connectivity index (χ1n) is 29.1. The highest BCUT2D eigenvalue weighted by Crippen LogP contribution is 2.17. The quantitative estimate of drug-likeness (QED) is 0.0321. The predicted molar refractivity (Wildman–Crippen MR) is 283 cm³/mol. The number of aliphatic hydroxyl groups excluding tert-OH is 2. The van der Waals surface area contributed by atoms with E-state index in [1.54, 1.807) is 6.08 Å². The number of hydrogen-bond donors (Lipinski definition) is 3. The van der Waals surface area contributed by atoms with Gasteiger partial charge in [0.05, 0.1) is 25.4 Å². The summed E-state index contributed by atoms with van der Waals surface area (Å²) in [7, 11) is 0. The minimum Gasteiger partial charge on any atom is -0.466 e. The highest BCUT2D eigenvalue weighted by atomic mass is 16.5. The standard InChI is InChI=1S/C59H113NO5/c1-3-5-7-9-11-13-15-17-29-33-37-41-45-49-53-59(64)65-54-50-46-42-38-34-30-26-24-22-20-18-19-21-23-25-28-32-36-40-44-48-52-58(63)60-56(55-61)57(62)51-47-43-39-35-31-27-16-14-12-10-8-6-4-2/h15,17,47,51,56-57,61-62H,3-14,16,18-46,48-50,52-55H2,1-2H3,(H,60,63)/b17-15-,51-47+. The summed E-state index contributed by atoms with van der Waals surface area (Å²) in [6.07, 6.45) is 66.3. The van der Waals surface area contributed by atoms with Gasteiger partial charge in [0.15, 0.2) is 0 Å². The lowest BCUT2D eigenvalue weighted by Crippen LogP contribution is -2.45. The van der Waals surface area contributed by atoms with E-state index in [1.807, 2.05) is 6.08 Å². The topological polar surface area (TPSA) is 95.9 Å². The minimum absolute atomic E-state index is 0.00285. The molecule has 0 rings (SSSR count). The van der Waals surface area contributed by atoms with Gasteiger partial charge in [-0.2, -0.15) is 0 Å². The smallest absolute Gasteiger partial charge is 0.305 e. The van der Waals surface area contributed by atoms with Crippen LogP contribution in [0.3, 0.4) is 0 Å². The molecule has 0 saturated carbocycles. The zero-order valence-electron chi connectivity index (χ0n) is 43.7. The predicted octanol–water partition coefficient (Wildman–Crippen LogP) is 17.9. The van der Waals surface area contributed by atoms with Crippen LogP contribution < -0.4 is 5.32 Å². The maximum atomic E-state index is 12.4. The fourth-order valence-corrected chi connectivity index (χ4v) is 8.98. The van der Waals surface area contributed by atoms with Crippen LogP contribution >= 0.6 is 0 Å². The maximum Gasteiger partial charge on any atom is 0.305 e. The Labute approximate surface area is 405 Å². The zero-order chi connectivity index (χ0) is 47.2. The number of aliphatic hydroxyl groups is 2. The largest absolute Gasteiger partial charge is 0.466 e. The summed E-state index contributed by atoms with van der Waals surface area (Å²) in [5, 5.41) is 23.1. The molecule has 2 unspecified atom stereocenters. The molecular formula is C59H113NO5. The van der Waals surface area contributed by atoms with Gasteiger partial charge in [0.2, 0.25) is 5.91 Å². The molecule has 0 spiro atoms. The van der Waals surface area contributed by atoms with Crippen LogP contribution in [0.2, 0.25) is 0 Å². The van der Waals surface area contributed by atoms with Crippen LogP contribution in [0.4, 0.5) is 0 Å². The van der Waals surface area contributed by atoms with Crippen LogP contribution in [-0.2, 0) is 14.3 Å². The highest BCUT2D eigenvalue weighted by Gasteiger charge is 2.18. The number of carbonyl (C=O) groups excluding carboxylic acids is 2. The molecule has 1 amide bonds. The number of nitrogens with one attached hydrogen (secondary N) is 1. The van der Waals surface area contributed by atoms with Gasteiger partial charge in [-0.1, -0.05) is 269 Å². The van der Waals surface area contributed by atoms with Crippen molar-refractivity contribution in [2.75, 3.05) is 13.2 Å². The molecule has 65 heavy (non-hydrogen) atoms. The van der Waals surface area contributed by atoms with Crippen molar-refractivity contribution in [3.8, 4) is 0 Å². The van der Waals surface area contributed by atoms with Crippen molar-refractivity contribution in [2.24, 2.45) is 0 Å². The zero-order valence-corrected chi connectivity index (χ0v) is 43.7. The molecule has 0 aliphatic heterocycles. The average molecular weight is 917 g/mol. The van der Waals surface area contributed by atoms with Crippen molar-refractivity contribution in [3.05, 3.63) is 24.3 Å². The second kappa shape index (κ2) is 54.9. The summed E-state index contributed by atoms with van der Waals surface area (Å²) >= 11 is 0. The number of esters is 1. The van der Waals surface area contributed by atoms with Crippen molar-refractivity contribution < 1.29 is 24.5 Å². The Kier molecular flexibility index (Phi) is 53.5. The molecular weight excluding hydrogens is 803 g/mol. The number of unbranched alkanes of at least 4 members (excludes halogenated alkanes) is 41. The van der Waals surface area contributed by atoms with E-state index in [-0.39, 0.29) is 18.5 Å². The summed E-state index contributed by atoms with van der Waals surface area (Å²) in [6, 6.07) is -0.627. The van der Waals surface area contributed by atoms with E-state index >= 15 is 0 Å². The van der Waals surface area contributed by atoms with Crippen LogP contribution in [0.5, 0.6) is 0 Å². The molecule has 0 aromatic heterocycles. The summed E-state index contributed by atoms with van der Waals surface area (Å²) in [6.45, 7) is 4.89. The molecule has 0 aromatic rings. The number of allylic oxidation sites excluding steroid dienone is 3. The van der Waals surface area contributed by atoms with Gasteiger partial charge in [0.1, 0.15) is 0 Å². The van der Waals surface area contributed by atoms with Crippen LogP contribution in [0.1, 0.15) is 316 Å². The lowest BCUT2D eigenvalue weighted by atomic mass is 10.0. The van der Waals surface area contributed by atoms with E-state index in [2.05, 4.69) is 31.3 Å². The second-order valence-corrected chi connectivity index (χ2v) is 20.0. The van der Waals surface area contributed by atoms with Crippen molar-refractivity contribution in [1.29, 1.82) is 0 Å². The fourth-order valence-electron chi connectivity index (χ4n) is 8.98. The van der Waals surface area contributed by atoms with Gasteiger partial charge in [-0.3, -0.25) is 9.59 Å². The molecule has 0 aliphatic rings. The molecule has 6 nitrogen and oxygen atoms in total. The number of hydrogen-bond acceptors (Lipinski definition) is 5. The molecule has 0 aliphatic carbocycles. The third-order valence-electron chi connectivity index (χ3n) is 13.5. The van der Waals surface area contributed by atoms with E-state index in [1.165, 1.54) is 244 Å². The number of rotatable bonds is 54. The lowest BCUT2D eigenvalue weighted by Gasteiger charge is -2.20. The summed E-state index contributed by atoms with van der Waals surface area (Å²) in [5.41, 5.74) is 0. The third kappa shape index (κ3) is 51.6. The monoisotopic (exact) mass is 916 g/mol. The molecule has 0 aromatic carbocycles. The highest BCUT2D eigenvalue weighted by molar-refractivity contribution is 5.76. The molecule has 0 radical (unpaired) electrons. The number of amides is 1. The molecule has 2 atom stereocenters. The molecule has 0 bridgehead atoms. The van der Waals surface area contributed by atoms with Gasteiger partial charge in [-0.05, 0) is 57.8 Å². The molecule has 3 N–H and O–H groups in total. The van der Waals surface area contributed by atoms with Crippen LogP contribution in [0, 0.1) is 0 Å². The van der Waals surface area contributed by atoms with E-state index in [4.69, 9.17) is 4.74 Å². The number of carbonyl (C=O) groups is 2. The van der Waals surface area contributed by atoms with Crippen molar-refractivity contribution in [2.45, 2.75) is 328 Å². The van der Waals surface area contributed by atoms with Gasteiger partial charge in [0, 0.05) is 12.8 Å². The normalized spacial score (nSPS) is 12.7. The van der Waals surface area contributed by atoms with Crippen molar-refractivity contribution in [1.82, 2.24) is 5.32 Å². The van der Waals surface area contributed by atoms with Gasteiger partial charge in [-0.25, -0.2) is 0 Å². The fraction of sp³-hybridized carbons (Fsp3) is 0.898. The lowest BCUT2D eigenvalue weighted by molar-refractivity contribution is -0.143. The first-order chi connectivity index (χ1) is 32.0. The summed E-state index contributed by atoms with van der Waals surface area (Å²) in [5.74, 6) is -0.0658. The van der Waals surface area contributed by atoms with Crippen LogP contribution in [0.25, 0.3) is 0 Å². The second-order valence-electron chi connectivity index (χ2n) is 20.0. The van der Waals surface area contributed by atoms with Crippen LogP contribution in [0.15, 0.2) is 24.3 Å². The number of ether oxygens (including phenoxy) is 1. The van der Waals surface area contributed by atoms with E-state index in [9.17, 15) is 19.8 Å². The molecule has 384 valence electrons. The van der Waals surface area contributed by atoms with E-state index in [0.29, 0.717) is 19.4 Å². The third-order valence-corrected chi connectivity index (χ3v) is 13.5. The summed E-state index contributed by atoms with van der Waals surface area (Å²) in [4.78, 5) is 24.5.